The van der Waals surface area contributed by atoms with Gasteiger partial charge in [0.2, 0.25) is 0 Å². The lowest BCUT2D eigenvalue weighted by Crippen LogP contribution is -2.84. The van der Waals surface area contributed by atoms with Crippen LogP contribution in [0.2, 0.25) is 0 Å². The van der Waals surface area contributed by atoms with E-state index in [4.69, 9.17) is 0 Å². The van der Waals surface area contributed by atoms with Crippen molar-refractivity contribution in [2.45, 2.75) is 25.7 Å². The van der Waals surface area contributed by atoms with Gasteiger partial charge in [-0.25, -0.2) is 0 Å². The Balaban J connectivity index is 1.76. The monoisotopic (exact) mass is 184 g/mol. The molecule has 0 nitrogen and oxygen atoms in total. The van der Waals surface area contributed by atoms with Crippen molar-refractivity contribution in [3.05, 3.63) is 0 Å². The molecule has 0 heteroatoms. The van der Waals surface area contributed by atoms with Crippen molar-refractivity contribution < 1.29 is 0 Å². The molecule has 10 atom stereocenters. The van der Waals surface area contributed by atoms with Crippen LogP contribution in [-0.4, -0.2) is 0 Å². The predicted octanol–water partition coefficient (Wildman–Crippen LogP) is 2.54. The normalized spacial score (nSPS) is 96.0. The van der Waals surface area contributed by atoms with Gasteiger partial charge in [0.15, 0.2) is 0 Å². The van der Waals surface area contributed by atoms with Crippen LogP contribution in [0, 0.1) is 58.2 Å². The maximum atomic E-state index is 1.71. The van der Waals surface area contributed by atoms with Gasteiger partial charge >= 0.3 is 0 Å². The molecule has 2 spiro atoms. The van der Waals surface area contributed by atoms with Crippen molar-refractivity contribution in [2.75, 3.05) is 0 Å². The fraction of sp³-hybridized carbons (Fsp3) is 1.00. The molecule has 10 unspecified atom stereocenters. The molecule has 0 aromatic carbocycles. The maximum absolute atomic E-state index is 1.71. The topological polar surface area (TPSA) is 0 Å². The second-order valence-electron chi connectivity index (χ2n) is 7.79. The quantitative estimate of drug-likeness (QED) is 0.542. The Hall–Kier alpha value is 0. The Morgan fingerprint density at radius 1 is 0.643 bits per heavy atom. The zero-order valence-corrected chi connectivity index (χ0v) is 8.45. The number of hydrogen-bond acceptors (Lipinski definition) is 0. The van der Waals surface area contributed by atoms with Crippen LogP contribution < -0.4 is 0 Å². The van der Waals surface area contributed by atoms with Crippen LogP contribution >= 0.6 is 0 Å². The Kier molecular flexibility index (Phi) is 0.494. The molecule has 9 aliphatic rings. The molecule has 0 aromatic heterocycles. The van der Waals surface area contributed by atoms with E-state index in [1.165, 1.54) is 47.3 Å². The summed E-state index contributed by atoms with van der Waals surface area (Å²) in [5.74, 6) is 10.3. The van der Waals surface area contributed by atoms with E-state index in [0.717, 1.165) is 10.8 Å². The highest BCUT2D eigenvalue weighted by molar-refractivity contribution is 5.49. The van der Waals surface area contributed by atoms with Gasteiger partial charge in [0, 0.05) is 0 Å². The van der Waals surface area contributed by atoms with E-state index < -0.39 is 0 Å². The Morgan fingerprint density at radius 2 is 1.21 bits per heavy atom. The molecule has 0 N–H and O–H groups in total. The van der Waals surface area contributed by atoms with Crippen molar-refractivity contribution in [1.82, 2.24) is 0 Å². The van der Waals surface area contributed by atoms with Crippen LogP contribution in [0.1, 0.15) is 25.7 Å². The molecule has 9 rings (SSSR count). The van der Waals surface area contributed by atoms with Crippen LogP contribution in [0.4, 0.5) is 0 Å². The Morgan fingerprint density at radius 3 is 1.86 bits per heavy atom. The highest BCUT2D eigenvalue weighted by Crippen LogP contribution is 3.07. The number of hydrogen-bond donors (Lipinski definition) is 0. The summed E-state index contributed by atoms with van der Waals surface area (Å²) in [5, 5.41) is 0. The van der Waals surface area contributed by atoms with E-state index in [-0.39, 0.29) is 0 Å². The summed E-state index contributed by atoms with van der Waals surface area (Å²) in [4.78, 5) is 0. The van der Waals surface area contributed by atoms with Crippen LogP contribution in [0.5, 0.6) is 0 Å². The lowest BCUT2D eigenvalue weighted by Gasteiger charge is -2.88. The first-order valence-electron chi connectivity index (χ1n) is 6.91. The second kappa shape index (κ2) is 1.17. The Bertz CT molecular complexity index is 416. The van der Waals surface area contributed by atoms with Crippen LogP contribution in [0.25, 0.3) is 0 Å². The lowest BCUT2D eigenvalue weighted by atomic mass is 9.16. The number of rotatable bonds is 0. The van der Waals surface area contributed by atoms with Gasteiger partial charge in [-0.1, -0.05) is 0 Å². The lowest BCUT2D eigenvalue weighted by molar-refractivity contribution is -0.412. The summed E-state index contributed by atoms with van der Waals surface area (Å²) in [6.45, 7) is 0. The van der Waals surface area contributed by atoms with Gasteiger partial charge < -0.3 is 0 Å². The van der Waals surface area contributed by atoms with Crippen molar-refractivity contribution in [2.24, 2.45) is 58.2 Å². The molecule has 9 saturated carbocycles. The van der Waals surface area contributed by atoms with Gasteiger partial charge in [0.25, 0.3) is 0 Å². The van der Waals surface area contributed by atoms with E-state index >= 15 is 0 Å². The zero-order chi connectivity index (χ0) is 8.45. The fourth-order valence-electron chi connectivity index (χ4n) is 9.89. The molecule has 0 aliphatic heterocycles. The van der Waals surface area contributed by atoms with Gasteiger partial charge in [0.1, 0.15) is 0 Å². The molecule has 9 fully saturated rings. The van der Waals surface area contributed by atoms with Gasteiger partial charge in [-0.05, 0) is 83.9 Å². The molecule has 0 radical (unpaired) electrons. The molecule has 14 heavy (non-hydrogen) atoms. The minimum atomic E-state index is 1.05. The smallest absolute Gasteiger partial charge is 0.0137 e. The van der Waals surface area contributed by atoms with Gasteiger partial charge in [-0.15, -0.1) is 0 Å². The van der Waals surface area contributed by atoms with Crippen LogP contribution in [0.15, 0.2) is 0 Å². The standard InChI is InChI=1S/C14H16/c1-5-3-9-12-8-2-6-4-10-11(7(1)8)14(6,12)13(5,9)10/h5-12H,1-4H2. The average molecular weight is 184 g/mol. The highest BCUT2D eigenvalue weighted by atomic mass is 15.1. The molecule has 9 aliphatic carbocycles. The van der Waals surface area contributed by atoms with Crippen molar-refractivity contribution in [3.8, 4) is 0 Å². The van der Waals surface area contributed by atoms with Crippen LogP contribution in [-0.2, 0) is 0 Å². The van der Waals surface area contributed by atoms with Crippen LogP contribution in [0.3, 0.4) is 0 Å². The van der Waals surface area contributed by atoms with Crippen molar-refractivity contribution >= 4 is 0 Å². The molecule has 0 heterocycles. The zero-order valence-electron chi connectivity index (χ0n) is 8.45. The first kappa shape index (κ1) is 5.92. The second-order valence-corrected chi connectivity index (χ2v) is 7.79. The third-order valence-corrected chi connectivity index (χ3v) is 8.96. The summed E-state index contributed by atoms with van der Waals surface area (Å²) < 4.78 is 0. The van der Waals surface area contributed by atoms with E-state index in [2.05, 4.69) is 0 Å². The van der Waals surface area contributed by atoms with Gasteiger partial charge in [0.05, 0.1) is 0 Å². The summed E-state index contributed by atoms with van der Waals surface area (Å²) in [6.07, 6.45) is 6.80. The summed E-state index contributed by atoms with van der Waals surface area (Å²) >= 11 is 0. The third-order valence-electron chi connectivity index (χ3n) is 8.96. The summed E-state index contributed by atoms with van der Waals surface area (Å²) in [5.41, 5.74) is 2.10. The first-order valence-corrected chi connectivity index (χ1v) is 6.91. The molecule has 6 bridgehead atoms. The van der Waals surface area contributed by atoms with E-state index in [1.54, 1.807) is 25.7 Å². The van der Waals surface area contributed by atoms with E-state index in [9.17, 15) is 0 Å². The SMILES string of the molecule is C1C2C3CC4CC5C2C42C3C3CC1C352. The predicted molar refractivity (Wildman–Crippen MR) is 51.3 cm³/mol. The maximum Gasteiger partial charge on any atom is -0.0137 e. The average Bonchev–Trinajstić information content (AvgIpc) is 2.59. The minimum Gasteiger partial charge on any atom is -0.0464 e. The molecular formula is C14H16. The highest BCUT2D eigenvalue weighted by Gasteiger charge is 3.03. The molecule has 0 amide bonds. The van der Waals surface area contributed by atoms with Crippen molar-refractivity contribution in [1.29, 1.82) is 0 Å². The van der Waals surface area contributed by atoms with Gasteiger partial charge in [-0.2, -0.15) is 0 Å². The fourth-order valence-corrected chi connectivity index (χ4v) is 9.89. The summed E-state index contributed by atoms with van der Waals surface area (Å²) in [7, 11) is 0. The largest absolute Gasteiger partial charge is 0.0464 e. The minimum absolute atomic E-state index is 1.05. The van der Waals surface area contributed by atoms with Gasteiger partial charge in [-0.3, -0.25) is 0 Å². The molecule has 0 saturated heterocycles. The summed E-state index contributed by atoms with van der Waals surface area (Å²) in [6, 6.07) is 0. The molecule has 72 valence electrons. The molecular weight excluding hydrogens is 168 g/mol. The van der Waals surface area contributed by atoms with Crippen molar-refractivity contribution in [3.63, 3.8) is 0 Å². The van der Waals surface area contributed by atoms with E-state index in [0.29, 0.717) is 0 Å². The Labute approximate surface area is 84.4 Å². The first-order chi connectivity index (χ1) is 6.91. The van der Waals surface area contributed by atoms with E-state index in [1.807, 2.05) is 0 Å². The third kappa shape index (κ3) is 0.221. The molecule has 0 aromatic rings.